The van der Waals surface area contributed by atoms with Crippen molar-refractivity contribution in [2.45, 2.75) is 37.1 Å². The first-order valence-corrected chi connectivity index (χ1v) is 17.6. The van der Waals surface area contributed by atoms with Gasteiger partial charge in [-0.3, -0.25) is 9.59 Å². The Morgan fingerprint density at radius 1 is 0.755 bits per heavy atom. The van der Waals surface area contributed by atoms with Crippen LogP contribution >= 0.6 is 0 Å². The van der Waals surface area contributed by atoms with Gasteiger partial charge in [0, 0.05) is 36.8 Å². The van der Waals surface area contributed by atoms with Crippen LogP contribution in [0.4, 0.5) is 9.59 Å². The minimum atomic E-state index is -1.03. The molecular formula is C41H40N4O8. The van der Waals surface area contributed by atoms with Gasteiger partial charge in [0.15, 0.2) is 0 Å². The standard InChI is InChI=1S/C41H40N4O8/c1-51-39(48)33(20-25-12-4-2-5-13-25)43-38(47)37-35-31(36(35)44-41(50)52-23-26-14-6-3-7-15-26)22-45(37)34(46)21-42-40(49)53-24-32-29-18-10-8-16-27(29)28-17-9-11-19-30(28)32/h2-19,31-33,35-37H,20-24H2,1H3,(H,42,49)(H,43,47)(H,44,50)/t31-,33-,35+,36+,37-/m0/s1. The molecule has 272 valence electrons. The van der Waals surface area contributed by atoms with Crippen LogP contribution in [0.5, 0.6) is 0 Å². The SMILES string of the molecule is COC(=O)[C@H](Cc1ccccc1)NC(=O)[C@@H]1[C@@H]2[C@H](CN1C(=O)CNC(=O)OCC1c3ccccc3-c3ccccc31)[C@H]2NC(=O)OCc1ccccc1. The summed E-state index contributed by atoms with van der Waals surface area (Å²) in [5.74, 6) is -2.53. The van der Waals surface area contributed by atoms with E-state index in [1.54, 1.807) is 0 Å². The first-order chi connectivity index (χ1) is 25.8. The molecule has 0 spiro atoms. The molecule has 1 heterocycles. The van der Waals surface area contributed by atoms with Crippen molar-refractivity contribution in [1.29, 1.82) is 0 Å². The van der Waals surface area contributed by atoms with Crippen molar-refractivity contribution >= 4 is 30.0 Å². The number of piperidine rings is 1. The van der Waals surface area contributed by atoms with Crippen molar-refractivity contribution in [3.63, 3.8) is 0 Å². The van der Waals surface area contributed by atoms with E-state index in [-0.39, 0.29) is 38.0 Å². The first kappa shape index (κ1) is 35.2. The fourth-order valence-corrected chi connectivity index (χ4v) is 7.63. The summed E-state index contributed by atoms with van der Waals surface area (Å²) in [5, 5.41) is 8.18. The number of amides is 4. The van der Waals surface area contributed by atoms with Crippen LogP contribution < -0.4 is 16.0 Å². The molecule has 0 radical (unpaired) electrons. The van der Waals surface area contributed by atoms with Crippen LogP contribution in [-0.4, -0.2) is 79.8 Å². The smallest absolute Gasteiger partial charge is 0.407 e. The van der Waals surface area contributed by atoms with Crippen LogP contribution in [0.2, 0.25) is 0 Å². The average molecular weight is 717 g/mol. The number of hydrogen-bond donors (Lipinski definition) is 3. The number of carbonyl (C=O) groups excluding carboxylic acids is 5. The van der Waals surface area contributed by atoms with E-state index in [2.05, 4.69) is 16.0 Å². The van der Waals surface area contributed by atoms with Crippen molar-refractivity contribution < 1.29 is 38.2 Å². The molecular weight excluding hydrogens is 676 g/mol. The highest BCUT2D eigenvalue weighted by atomic mass is 16.6. The minimum Gasteiger partial charge on any atom is -0.467 e. The molecule has 5 atom stereocenters. The van der Waals surface area contributed by atoms with Crippen LogP contribution in [0, 0.1) is 11.8 Å². The van der Waals surface area contributed by atoms with Crippen molar-refractivity contribution in [1.82, 2.24) is 20.9 Å². The largest absolute Gasteiger partial charge is 0.467 e. The van der Waals surface area contributed by atoms with E-state index in [1.807, 2.05) is 109 Å². The van der Waals surface area contributed by atoms with Crippen LogP contribution in [0.15, 0.2) is 109 Å². The molecule has 12 nitrogen and oxygen atoms in total. The molecule has 1 saturated carbocycles. The quantitative estimate of drug-likeness (QED) is 0.146. The number of methoxy groups -OCH3 is 1. The molecule has 1 aliphatic heterocycles. The molecule has 2 aliphatic carbocycles. The van der Waals surface area contributed by atoms with Gasteiger partial charge in [0.25, 0.3) is 0 Å². The molecule has 12 heteroatoms. The second kappa shape index (κ2) is 15.6. The van der Waals surface area contributed by atoms with Gasteiger partial charge >= 0.3 is 18.2 Å². The van der Waals surface area contributed by atoms with E-state index >= 15 is 0 Å². The van der Waals surface area contributed by atoms with Crippen LogP contribution in [-0.2, 0) is 41.6 Å². The maximum atomic E-state index is 14.0. The zero-order chi connectivity index (χ0) is 36.9. The van der Waals surface area contributed by atoms with E-state index in [0.29, 0.717) is 0 Å². The first-order valence-electron chi connectivity index (χ1n) is 17.6. The van der Waals surface area contributed by atoms with Gasteiger partial charge in [0.1, 0.15) is 31.8 Å². The lowest BCUT2D eigenvalue weighted by Gasteiger charge is -2.29. The Labute approximate surface area is 306 Å². The second-order valence-electron chi connectivity index (χ2n) is 13.4. The Balaban J connectivity index is 0.996. The van der Waals surface area contributed by atoms with E-state index in [0.717, 1.165) is 33.4 Å². The Bertz CT molecular complexity index is 1940. The number of likely N-dealkylation sites (tertiary alicyclic amines) is 1. The minimum absolute atomic E-state index is 0.0745. The Morgan fingerprint density at radius 2 is 1.36 bits per heavy atom. The molecule has 4 aromatic carbocycles. The van der Waals surface area contributed by atoms with Gasteiger partial charge in [-0.25, -0.2) is 14.4 Å². The highest BCUT2D eigenvalue weighted by Gasteiger charge is 2.65. The van der Waals surface area contributed by atoms with Crippen LogP contribution in [0.3, 0.4) is 0 Å². The lowest BCUT2D eigenvalue weighted by Crippen LogP contribution is -2.56. The lowest BCUT2D eigenvalue weighted by molar-refractivity contribution is -0.146. The topological polar surface area (TPSA) is 152 Å². The van der Waals surface area contributed by atoms with E-state index in [1.165, 1.54) is 12.0 Å². The summed E-state index contributed by atoms with van der Waals surface area (Å²) >= 11 is 0. The molecule has 3 N–H and O–H groups in total. The lowest BCUT2D eigenvalue weighted by atomic mass is 9.98. The molecule has 4 aromatic rings. The number of rotatable bonds is 12. The molecule has 3 aliphatic rings. The number of carbonyl (C=O) groups is 5. The summed E-state index contributed by atoms with van der Waals surface area (Å²) < 4.78 is 16.0. The maximum Gasteiger partial charge on any atom is 0.407 e. The average Bonchev–Trinajstić information content (AvgIpc) is 3.52. The summed E-state index contributed by atoms with van der Waals surface area (Å²) in [6.45, 7) is -0.108. The predicted octanol–water partition coefficient (Wildman–Crippen LogP) is 4.18. The summed E-state index contributed by atoms with van der Waals surface area (Å²) in [5.41, 5.74) is 5.95. The third kappa shape index (κ3) is 7.71. The molecule has 1 saturated heterocycles. The summed E-state index contributed by atoms with van der Waals surface area (Å²) in [6, 6.07) is 31.9. The zero-order valence-corrected chi connectivity index (χ0v) is 29.1. The molecule has 0 aromatic heterocycles. The molecule has 2 fully saturated rings. The number of fused-ring (bicyclic) bond motifs is 4. The van der Waals surface area contributed by atoms with Gasteiger partial charge in [-0.15, -0.1) is 0 Å². The van der Waals surface area contributed by atoms with Crippen molar-refractivity contribution in [2.75, 3.05) is 26.8 Å². The van der Waals surface area contributed by atoms with Crippen LogP contribution in [0.1, 0.15) is 28.2 Å². The third-order valence-electron chi connectivity index (χ3n) is 10.2. The molecule has 0 unspecified atom stereocenters. The summed E-state index contributed by atoms with van der Waals surface area (Å²) in [4.78, 5) is 67.4. The maximum absolute atomic E-state index is 14.0. The van der Waals surface area contributed by atoms with Crippen molar-refractivity contribution in [3.05, 3.63) is 131 Å². The summed E-state index contributed by atoms with van der Waals surface area (Å²) in [7, 11) is 1.24. The molecule has 7 rings (SSSR count). The fraction of sp³-hybridized carbons (Fsp3) is 0.293. The number of benzene rings is 4. The van der Waals surface area contributed by atoms with Gasteiger partial charge in [0.05, 0.1) is 7.11 Å². The van der Waals surface area contributed by atoms with Crippen LogP contribution in [0.25, 0.3) is 11.1 Å². The van der Waals surface area contributed by atoms with Crippen molar-refractivity contribution in [3.8, 4) is 11.1 Å². The molecule has 4 amide bonds. The second-order valence-corrected chi connectivity index (χ2v) is 13.4. The zero-order valence-electron chi connectivity index (χ0n) is 29.1. The van der Waals surface area contributed by atoms with E-state index < -0.39 is 60.6 Å². The highest BCUT2D eigenvalue weighted by molar-refractivity contribution is 5.93. The fourth-order valence-electron chi connectivity index (χ4n) is 7.63. The Kier molecular flexibility index (Phi) is 10.4. The Hall–Kier alpha value is -6.17. The highest BCUT2D eigenvalue weighted by Crippen LogP contribution is 2.50. The van der Waals surface area contributed by atoms with E-state index in [9.17, 15) is 24.0 Å². The van der Waals surface area contributed by atoms with Gasteiger partial charge in [-0.05, 0) is 33.4 Å². The predicted molar refractivity (Wildman–Crippen MR) is 193 cm³/mol. The molecule has 0 bridgehead atoms. The number of esters is 1. The number of alkyl carbamates (subject to hydrolysis) is 2. The number of nitrogens with zero attached hydrogens (tertiary/aromatic N) is 1. The van der Waals surface area contributed by atoms with Gasteiger partial charge < -0.3 is 35.1 Å². The summed E-state index contributed by atoms with van der Waals surface area (Å²) in [6.07, 6.45) is -1.23. The molecule has 53 heavy (non-hydrogen) atoms. The number of nitrogens with one attached hydrogen (secondary N) is 3. The van der Waals surface area contributed by atoms with Crippen molar-refractivity contribution in [2.24, 2.45) is 11.8 Å². The number of ether oxygens (including phenoxy) is 3. The van der Waals surface area contributed by atoms with E-state index in [4.69, 9.17) is 14.2 Å². The van der Waals surface area contributed by atoms with Gasteiger partial charge in [-0.2, -0.15) is 0 Å². The van der Waals surface area contributed by atoms with Gasteiger partial charge in [0.2, 0.25) is 11.8 Å². The normalized spacial score (nSPS) is 19.8. The third-order valence-corrected chi connectivity index (χ3v) is 10.2. The number of hydrogen-bond acceptors (Lipinski definition) is 8. The van der Waals surface area contributed by atoms with Gasteiger partial charge in [-0.1, -0.05) is 109 Å². The Morgan fingerprint density at radius 3 is 2.00 bits per heavy atom. The monoisotopic (exact) mass is 716 g/mol.